The van der Waals surface area contributed by atoms with Crippen molar-refractivity contribution in [1.82, 2.24) is 9.62 Å². The van der Waals surface area contributed by atoms with Crippen LogP contribution in [0.25, 0.3) is 0 Å². The van der Waals surface area contributed by atoms with Crippen LogP contribution in [-0.2, 0) is 10.0 Å². The monoisotopic (exact) mass is 370 g/mol. The number of amides is 1. The first-order chi connectivity index (χ1) is 11.4. The van der Waals surface area contributed by atoms with E-state index in [1.807, 2.05) is 4.90 Å². The summed E-state index contributed by atoms with van der Waals surface area (Å²) in [6, 6.07) is 4.46. The Morgan fingerprint density at radius 2 is 1.92 bits per heavy atom. The highest BCUT2D eigenvalue weighted by Gasteiger charge is 2.33. The summed E-state index contributed by atoms with van der Waals surface area (Å²) >= 11 is 6.00. The van der Waals surface area contributed by atoms with Crippen molar-refractivity contribution in [2.45, 2.75) is 37.0 Å². The van der Waals surface area contributed by atoms with Gasteiger partial charge in [0.1, 0.15) is 4.90 Å². The topological polar surface area (TPSA) is 66.5 Å². The molecule has 1 aliphatic carbocycles. The fourth-order valence-corrected chi connectivity index (χ4v) is 5.17. The number of nitrogens with zero attached hydrogens (tertiary/aromatic N) is 1. The van der Waals surface area contributed by atoms with E-state index in [9.17, 15) is 13.2 Å². The average Bonchev–Trinajstić information content (AvgIpc) is 2.61. The molecule has 132 valence electrons. The smallest absolute Gasteiger partial charge is 0.253 e. The molecule has 1 saturated carbocycles. The van der Waals surface area contributed by atoms with Crippen LogP contribution in [0, 0.1) is 11.8 Å². The van der Waals surface area contributed by atoms with Crippen LogP contribution >= 0.6 is 11.6 Å². The zero-order valence-electron chi connectivity index (χ0n) is 13.8. The van der Waals surface area contributed by atoms with E-state index in [4.69, 9.17) is 11.6 Å². The lowest BCUT2D eigenvalue weighted by molar-refractivity contribution is 0.0520. The van der Waals surface area contributed by atoms with Crippen molar-refractivity contribution in [3.05, 3.63) is 28.8 Å². The maximum atomic E-state index is 12.8. The third-order valence-corrected chi connectivity index (χ3v) is 7.21. The van der Waals surface area contributed by atoms with Gasteiger partial charge in [-0.05, 0) is 49.9 Å². The summed E-state index contributed by atoms with van der Waals surface area (Å²) < 4.78 is 26.3. The number of halogens is 1. The van der Waals surface area contributed by atoms with Gasteiger partial charge in [-0.1, -0.05) is 30.9 Å². The zero-order chi connectivity index (χ0) is 17.3. The second kappa shape index (κ2) is 7.02. The standard InChI is InChI=1S/C17H23ClN2O3S/c1-19-24(22,23)16-10-13(6-7-15(16)18)17(21)20-9-8-12-4-2-3-5-14(12)11-20/h6-7,10,12,14,19H,2-5,8-9,11H2,1H3/t12-,14-/m1/s1. The fraction of sp³-hybridized carbons (Fsp3) is 0.588. The largest absolute Gasteiger partial charge is 0.338 e. The molecular formula is C17H23ClN2O3S. The maximum absolute atomic E-state index is 12.8. The number of nitrogens with one attached hydrogen (secondary N) is 1. The molecular weight excluding hydrogens is 348 g/mol. The summed E-state index contributed by atoms with van der Waals surface area (Å²) in [5.74, 6) is 1.22. The van der Waals surface area contributed by atoms with Crippen molar-refractivity contribution in [3.63, 3.8) is 0 Å². The molecule has 1 N–H and O–H groups in total. The molecule has 1 aliphatic heterocycles. The van der Waals surface area contributed by atoms with E-state index in [2.05, 4.69) is 4.72 Å². The predicted molar refractivity (Wildman–Crippen MR) is 93.7 cm³/mol. The Bertz CT molecular complexity index is 735. The minimum absolute atomic E-state index is 0.0509. The number of piperidine rings is 1. The van der Waals surface area contributed by atoms with Crippen molar-refractivity contribution in [2.24, 2.45) is 11.8 Å². The molecule has 2 atom stereocenters. The second-order valence-electron chi connectivity index (χ2n) is 6.70. The van der Waals surface area contributed by atoms with Gasteiger partial charge in [-0.15, -0.1) is 0 Å². The van der Waals surface area contributed by atoms with E-state index in [1.165, 1.54) is 44.9 Å². The Balaban J connectivity index is 1.81. The normalized spacial score (nSPS) is 24.5. The summed E-state index contributed by atoms with van der Waals surface area (Å²) in [5, 5.41) is 0.117. The number of fused-ring (bicyclic) bond motifs is 1. The van der Waals surface area contributed by atoms with E-state index in [1.54, 1.807) is 6.07 Å². The molecule has 5 nitrogen and oxygen atoms in total. The van der Waals surface area contributed by atoms with Crippen LogP contribution in [-0.4, -0.2) is 39.4 Å². The Morgan fingerprint density at radius 3 is 2.62 bits per heavy atom. The zero-order valence-corrected chi connectivity index (χ0v) is 15.4. The van der Waals surface area contributed by atoms with Gasteiger partial charge in [0, 0.05) is 18.7 Å². The third-order valence-electron chi connectivity index (χ3n) is 5.31. The molecule has 1 aromatic rings. The quantitative estimate of drug-likeness (QED) is 0.889. The van der Waals surface area contributed by atoms with Crippen LogP contribution < -0.4 is 4.72 Å². The number of hydrogen-bond donors (Lipinski definition) is 1. The van der Waals surface area contributed by atoms with Crippen LogP contribution in [0.4, 0.5) is 0 Å². The van der Waals surface area contributed by atoms with E-state index in [0.717, 1.165) is 25.4 Å². The van der Waals surface area contributed by atoms with Crippen LogP contribution in [0.15, 0.2) is 23.1 Å². The highest BCUT2D eigenvalue weighted by atomic mass is 35.5. The van der Waals surface area contributed by atoms with E-state index >= 15 is 0 Å². The molecule has 2 fully saturated rings. The second-order valence-corrected chi connectivity index (χ2v) is 8.96. The van der Waals surface area contributed by atoms with Crippen LogP contribution in [0.1, 0.15) is 42.5 Å². The molecule has 1 aromatic carbocycles. The first-order valence-electron chi connectivity index (χ1n) is 8.45. The van der Waals surface area contributed by atoms with Crippen molar-refractivity contribution >= 4 is 27.5 Å². The van der Waals surface area contributed by atoms with Gasteiger partial charge in [0.2, 0.25) is 10.0 Å². The number of hydrogen-bond acceptors (Lipinski definition) is 3. The lowest BCUT2D eigenvalue weighted by atomic mass is 9.75. The van der Waals surface area contributed by atoms with Crippen LogP contribution in [0.5, 0.6) is 0 Å². The van der Waals surface area contributed by atoms with E-state index in [0.29, 0.717) is 11.5 Å². The molecule has 1 amide bonds. The van der Waals surface area contributed by atoms with Gasteiger partial charge in [0.05, 0.1) is 5.02 Å². The highest BCUT2D eigenvalue weighted by molar-refractivity contribution is 7.89. The molecule has 0 unspecified atom stereocenters. The van der Waals surface area contributed by atoms with Gasteiger partial charge in [-0.2, -0.15) is 0 Å². The number of carbonyl (C=O) groups is 1. The molecule has 1 saturated heterocycles. The number of sulfonamides is 1. The van der Waals surface area contributed by atoms with Gasteiger partial charge in [0.25, 0.3) is 5.91 Å². The molecule has 0 bridgehead atoms. The van der Waals surface area contributed by atoms with E-state index < -0.39 is 10.0 Å². The minimum atomic E-state index is -3.69. The number of rotatable bonds is 3. The highest BCUT2D eigenvalue weighted by Crippen LogP contribution is 2.36. The Morgan fingerprint density at radius 1 is 1.21 bits per heavy atom. The lowest BCUT2D eigenvalue weighted by Crippen LogP contribution is -2.44. The Labute approximate surface area is 148 Å². The van der Waals surface area contributed by atoms with Gasteiger partial charge in [-0.25, -0.2) is 13.1 Å². The molecule has 0 radical (unpaired) electrons. The lowest BCUT2D eigenvalue weighted by Gasteiger charge is -2.41. The fourth-order valence-electron chi connectivity index (χ4n) is 3.92. The molecule has 3 rings (SSSR count). The summed E-state index contributed by atoms with van der Waals surface area (Å²) in [6.45, 7) is 1.52. The molecule has 7 heteroatoms. The number of benzene rings is 1. The summed E-state index contributed by atoms with van der Waals surface area (Å²) in [5.41, 5.74) is 0.377. The summed E-state index contributed by atoms with van der Waals surface area (Å²) in [6.07, 6.45) is 6.06. The minimum Gasteiger partial charge on any atom is -0.338 e. The first kappa shape index (κ1) is 17.7. The average molecular weight is 371 g/mol. The summed E-state index contributed by atoms with van der Waals surface area (Å²) in [7, 11) is -2.36. The first-order valence-corrected chi connectivity index (χ1v) is 10.3. The Hall–Kier alpha value is -1.11. The van der Waals surface area contributed by atoms with Crippen molar-refractivity contribution < 1.29 is 13.2 Å². The molecule has 0 aromatic heterocycles. The predicted octanol–water partition coefficient (Wildman–Crippen LogP) is 2.90. The number of likely N-dealkylation sites (tertiary alicyclic amines) is 1. The van der Waals surface area contributed by atoms with Crippen LogP contribution in [0.3, 0.4) is 0 Å². The van der Waals surface area contributed by atoms with Crippen molar-refractivity contribution in [2.75, 3.05) is 20.1 Å². The van der Waals surface area contributed by atoms with Crippen molar-refractivity contribution in [3.8, 4) is 0 Å². The van der Waals surface area contributed by atoms with Gasteiger partial charge in [-0.3, -0.25) is 4.79 Å². The maximum Gasteiger partial charge on any atom is 0.253 e. The Kier molecular flexibility index (Phi) is 5.18. The molecule has 0 spiro atoms. The van der Waals surface area contributed by atoms with Crippen molar-refractivity contribution in [1.29, 1.82) is 0 Å². The molecule has 24 heavy (non-hydrogen) atoms. The van der Waals surface area contributed by atoms with Gasteiger partial charge < -0.3 is 4.90 Å². The van der Waals surface area contributed by atoms with Crippen LogP contribution in [0.2, 0.25) is 5.02 Å². The molecule has 2 aliphatic rings. The van der Waals surface area contributed by atoms with E-state index in [-0.39, 0.29) is 15.8 Å². The van der Waals surface area contributed by atoms with Gasteiger partial charge >= 0.3 is 0 Å². The molecule has 1 heterocycles. The number of carbonyl (C=O) groups excluding carboxylic acids is 1. The SMILES string of the molecule is CNS(=O)(=O)c1cc(C(=O)N2CC[C@H]3CCCC[C@@H]3C2)ccc1Cl. The summed E-state index contributed by atoms with van der Waals surface area (Å²) in [4.78, 5) is 14.6. The van der Waals surface area contributed by atoms with Gasteiger partial charge in [0.15, 0.2) is 0 Å². The third kappa shape index (κ3) is 3.46.